The summed E-state index contributed by atoms with van der Waals surface area (Å²) in [7, 11) is 0. The van der Waals surface area contributed by atoms with E-state index < -0.39 is 0 Å². The van der Waals surface area contributed by atoms with Crippen LogP contribution in [0.15, 0.2) is 42.5 Å². The van der Waals surface area contributed by atoms with Crippen molar-refractivity contribution < 1.29 is 9.90 Å². The van der Waals surface area contributed by atoms with Gasteiger partial charge in [0.05, 0.1) is 6.04 Å². The zero-order valence-electron chi connectivity index (χ0n) is 14.0. The molecule has 0 saturated heterocycles. The number of carbonyl (C=O) groups excluding carboxylic acids is 1. The average Bonchev–Trinajstić information content (AvgIpc) is 2.62. The summed E-state index contributed by atoms with van der Waals surface area (Å²) in [5.41, 5.74) is 4.32. The second-order valence-corrected chi connectivity index (χ2v) is 6.36. The minimum atomic E-state index is -0.211. The molecule has 0 fully saturated rings. The van der Waals surface area contributed by atoms with Crippen LogP contribution in [0.4, 0.5) is 5.69 Å². The van der Waals surface area contributed by atoms with Crippen LogP contribution in [0.25, 0.3) is 0 Å². The number of hydrogen-bond acceptors (Lipinski definition) is 4. The number of phenolic OH excluding ortho intramolecular Hbond substituents is 1. The van der Waals surface area contributed by atoms with Crippen molar-refractivity contribution in [3.8, 4) is 5.75 Å². The molecule has 3 rings (SSSR count). The number of aromatic hydroxyl groups is 1. The SMILES string of the molecule is CC(NCCc1ccc(O)cc1)C(=O)c1ccc2c(c1)CCCN2. The standard InChI is InChI=1S/C20H24N2O2/c1-14(21-12-10-15-4-7-18(23)8-5-15)20(24)17-6-9-19-16(13-17)3-2-11-22-19/h4-9,13-14,21-23H,2-3,10-12H2,1H3. The Morgan fingerprint density at radius 2 is 2.04 bits per heavy atom. The number of hydrogen-bond donors (Lipinski definition) is 3. The summed E-state index contributed by atoms with van der Waals surface area (Å²) in [6.45, 7) is 3.65. The summed E-state index contributed by atoms with van der Waals surface area (Å²) in [5, 5.41) is 16.0. The molecule has 126 valence electrons. The summed E-state index contributed by atoms with van der Waals surface area (Å²) in [5.74, 6) is 0.409. The third-order valence-corrected chi connectivity index (χ3v) is 4.52. The molecule has 1 atom stereocenters. The van der Waals surface area contributed by atoms with Gasteiger partial charge in [-0.3, -0.25) is 4.79 Å². The number of anilines is 1. The van der Waals surface area contributed by atoms with E-state index in [0.29, 0.717) is 0 Å². The molecular weight excluding hydrogens is 300 g/mol. The first kappa shape index (κ1) is 16.5. The molecule has 2 aromatic carbocycles. The van der Waals surface area contributed by atoms with E-state index in [0.717, 1.165) is 49.2 Å². The van der Waals surface area contributed by atoms with Gasteiger partial charge in [0.25, 0.3) is 0 Å². The van der Waals surface area contributed by atoms with Gasteiger partial charge in [-0.15, -0.1) is 0 Å². The van der Waals surface area contributed by atoms with E-state index in [-0.39, 0.29) is 17.6 Å². The number of rotatable bonds is 6. The first-order valence-electron chi connectivity index (χ1n) is 8.56. The maximum atomic E-state index is 12.6. The summed E-state index contributed by atoms with van der Waals surface area (Å²) < 4.78 is 0. The van der Waals surface area contributed by atoms with Crippen LogP contribution in [0.2, 0.25) is 0 Å². The van der Waals surface area contributed by atoms with Gasteiger partial charge in [-0.1, -0.05) is 12.1 Å². The Labute approximate surface area is 142 Å². The van der Waals surface area contributed by atoms with Gasteiger partial charge in [0, 0.05) is 17.8 Å². The monoisotopic (exact) mass is 324 g/mol. The molecule has 0 amide bonds. The third kappa shape index (κ3) is 3.95. The maximum absolute atomic E-state index is 12.6. The molecule has 0 saturated carbocycles. The molecule has 1 heterocycles. The van der Waals surface area contributed by atoms with Crippen molar-refractivity contribution >= 4 is 11.5 Å². The fourth-order valence-corrected chi connectivity index (χ4v) is 3.07. The molecule has 1 aliphatic heterocycles. The predicted molar refractivity (Wildman–Crippen MR) is 96.9 cm³/mol. The first-order chi connectivity index (χ1) is 11.6. The normalized spacial score (nSPS) is 14.5. The van der Waals surface area contributed by atoms with Crippen molar-refractivity contribution in [2.24, 2.45) is 0 Å². The molecule has 2 aromatic rings. The van der Waals surface area contributed by atoms with Gasteiger partial charge in [0.15, 0.2) is 5.78 Å². The van der Waals surface area contributed by atoms with Crippen molar-refractivity contribution in [1.29, 1.82) is 0 Å². The highest BCUT2D eigenvalue weighted by atomic mass is 16.3. The zero-order chi connectivity index (χ0) is 16.9. The van der Waals surface area contributed by atoms with E-state index >= 15 is 0 Å². The lowest BCUT2D eigenvalue weighted by Gasteiger charge is -2.19. The predicted octanol–water partition coefficient (Wildman–Crippen LogP) is 3.15. The molecule has 4 heteroatoms. The van der Waals surface area contributed by atoms with Gasteiger partial charge in [0.2, 0.25) is 0 Å². The lowest BCUT2D eigenvalue weighted by molar-refractivity contribution is 0.0951. The molecule has 1 aliphatic rings. The lowest BCUT2D eigenvalue weighted by atomic mass is 9.97. The van der Waals surface area contributed by atoms with Crippen molar-refractivity contribution in [3.05, 3.63) is 59.2 Å². The van der Waals surface area contributed by atoms with Gasteiger partial charge in [0.1, 0.15) is 5.75 Å². The van der Waals surface area contributed by atoms with E-state index in [4.69, 9.17) is 0 Å². The Bertz CT molecular complexity index is 710. The average molecular weight is 324 g/mol. The van der Waals surface area contributed by atoms with Crippen LogP contribution in [-0.2, 0) is 12.8 Å². The Morgan fingerprint density at radius 3 is 2.83 bits per heavy atom. The molecular formula is C20H24N2O2. The second kappa shape index (κ2) is 7.49. The Kier molecular flexibility index (Phi) is 5.16. The summed E-state index contributed by atoms with van der Waals surface area (Å²) in [4.78, 5) is 12.6. The van der Waals surface area contributed by atoms with Crippen molar-refractivity contribution in [2.75, 3.05) is 18.4 Å². The Balaban J connectivity index is 1.55. The molecule has 4 nitrogen and oxygen atoms in total. The van der Waals surface area contributed by atoms with Gasteiger partial charge in [-0.05, 0) is 74.2 Å². The van der Waals surface area contributed by atoms with Crippen molar-refractivity contribution in [2.45, 2.75) is 32.2 Å². The molecule has 0 bridgehead atoms. The van der Waals surface area contributed by atoms with Crippen LogP contribution in [0, 0.1) is 0 Å². The fraction of sp³-hybridized carbons (Fsp3) is 0.350. The number of Topliss-reactive ketones (excluding diaryl/α,β-unsaturated/α-hetero) is 1. The van der Waals surface area contributed by atoms with Crippen LogP contribution in [0.5, 0.6) is 5.75 Å². The van der Waals surface area contributed by atoms with E-state index in [9.17, 15) is 9.90 Å². The Morgan fingerprint density at radius 1 is 1.25 bits per heavy atom. The highest BCUT2D eigenvalue weighted by molar-refractivity contribution is 6.00. The molecule has 0 radical (unpaired) electrons. The quantitative estimate of drug-likeness (QED) is 0.714. The van der Waals surface area contributed by atoms with E-state index in [1.165, 1.54) is 5.56 Å². The fourth-order valence-electron chi connectivity index (χ4n) is 3.07. The lowest BCUT2D eigenvalue weighted by Crippen LogP contribution is -2.35. The molecule has 0 aromatic heterocycles. The van der Waals surface area contributed by atoms with Crippen LogP contribution in [-0.4, -0.2) is 30.0 Å². The van der Waals surface area contributed by atoms with Crippen molar-refractivity contribution in [3.63, 3.8) is 0 Å². The molecule has 0 aliphatic carbocycles. The topological polar surface area (TPSA) is 61.4 Å². The van der Waals surface area contributed by atoms with Gasteiger partial charge in [-0.2, -0.15) is 0 Å². The van der Waals surface area contributed by atoms with Gasteiger partial charge < -0.3 is 15.7 Å². The van der Waals surface area contributed by atoms with Gasteiger partial charge in [-0.25, -0.2) is 0 Å². The number of carbonyl (C=O) groups is 1. The van der Waals surface area contributed by atoms with Gasteiger partial charge >= 0.3 is 0 Å². The summed E-state index contributed by atoms with van der Waals surface area (Å²) in [6, 6.07) is 12.9. The number of benzene rings is 2. The third-order valence-electron chi connectivity index (χ3n) is 4.52. The van der Waals surface area contributed by atoms with E-state index in [1.807, 2.05) is 37.3 Å². The molecule has 1 unspecified atom stereocenters. The minimum Gasteiger partial charge on any atom is -0.508 e. The van der Waals surface area contributed by atoms with E-state index in [1.54, 1.807) is 12.1 Å². The van der Waals surface area contributed by atoms with Crippen LogP contribution in [0.3, 0.4) is 0 Å². The molecule has 3 N–H and O–H groups in total. The minimum absolute atomic E-state index is 0.133. The number of aryl methyl sites for hydroxylation is 1. The number of ketones is 1. The van der Waals surface area contributed by atoms with E-state index in [2.05, 4.69) is 10.6 Å². The molecule has 0 spiro atoms. The number of phenols is 1. The highest BCUT2D eigenvalue weighted by Gasteiger charge is 2.17. The largest absolute Gasteiger partial charge is 0.508 e. The maximum Gasteiger partial charge on any atom is 0.179 e. The molecule has 24 heavy (non-hydrogen) atoms. The highest BCUT2D eigenvalue weighted by Crippen LogP contribution is 2.23. The Hall–Kier alpha value is -2.33. The number of fused-ring (bicyclic) bond motifs is 1. The van der Waals surface area contributed by atoms with Crippen LogP contribution < -0.4 is 10.6 Å². The van der Waals surface area contributed by atoms with Crippen LogP contribution >= 0.6 is 0 Å². The first-order valence-corrected chi connectivity index (χ1v) is 8.56. The van der Waals surface area contributed by atoms with Crippen LogP contribution in [0.1, 0.15) is 34.8 Å². The zero-order valence-corrected chi connectivity index (χ0v) is 14.0. The number of nitrogens with one attached hydrogen (secondary N) is 2. The summed E-state index contributed by atoms with van der Waals surface area (Å²) >= 11 is 0. The smallest absolute Gasteiger partial charge is 0.179 e. The summed E-state index contributed by atoms with van der Waals surface area (Å²) in [6.07, 6.45) is 2.98. The van der Waals surface area contributed by atoms with Crippen molar-refractivity contribution in [1.82, 2.24) is 5.32 Å². The second-order valence-electron chi connectivity index (χ2n) is 6.36.